The van der Waals surface area contributed by atoms with Crippen LogP contribution < -0.4 is 5.32 Å². The second-order valence-electron chi connectivity index (χ2n) is 1.54. The molecular formula is C4H7NO2S. The molecule has 0 aromatic rings. The van der Waals surface area contributed by atoms with E-state index in [1.807, 2.05) is 0 Å². The summed E-state index contributed by atoms with van der Waals surface area (Å²) in [4.78, 5) is 10.1. The molecule has 0 spiro atoms. The highest BCUT2D eigenvalue weighted by atomic mass is 32.2. The van der Waals surface area contributed by atoms with Crippen LogP contribution in [0.5, 0.6) is 0 Å². The van der Waals surface area contributed by atoms with E-state index in [1.54, 1.807) is 0 Å². The van der Waals surface area contributed by atoms with Crippen LogP contribution in [0.25, 0.3) is 0 Å². The van der Waals surface area contributed by atoms with Gasteiger partial charge in [0.25, 0.3) is 0 Å². The molecule has 8 heavy (non-hydrogen) atoms. The van der Waals surface area contributed by atoms with Gasteiger partial charge in [0.2, 0.25) is 0 Å². The Bertz CT molecular complexity index is 100. The maximum atomic E-state index is 10.1. The Balaban J connectivity index is 2.35. The minimum Gasteiger partial charge on any atom is -0.479 e. The number of carboxylic acid groups (broad SMARTS) is 1. The predicted molar refractivity (Wildman–Crippen MR) is 31.9 cm³/mol. The molecule has 1 fully saturated rings. The van der Waals surface area contributed by atoms with Gasteiger partial charge in [0.1, 0.15) is 0 Å². The lowest BCUT2D eigenvalue weighted by molar-refractivity contribution is -0.136. The second-order valence-corrected chi connectivity index (χ2v) is 2.76. The molecule has 0 radical (unpaired) electrons. The third-order valence-corrected chi connectivity index (χ3v) is 2.08. The van der Waals surface area contributed by atoms with Crippen LogP contribution in [-0.2, 0) is 4.79 Å². The molecule has 0 saturated carbocycles. The van der Waals surface area contributed by atoms with Gasteiger partial charge in [-0.15, -0.1) is 11.8 Å². The van der Waals surface area contributed by atoms with Crippen molar-refractivity contribution in [3.05, 3.63) is 0 Å². The monoisotopic (exact) mass is 133 g/mol. The van der Waals surface area contributed by atoms with E-state index in [4.69, 9.17) is 5.11 Å². The predicted octanol–water partition coefficient (Wildman–Crippen LogP) is -0.266. The van der Waals surface area contributed by atoms with Crippen molar-refractivity contribution in [1.29, 1.82) is 0 Å². The molecule has 0 aromatic carbocycles. The summed E-state index contributed by atoms with van der Waals surface area (Å²) >= 11 is 1.44. The molecule has 2 N–H and O–H groups in total. The van der Waals surface area contributed by atoms with Crippen molar-refractivity contribution < 1.29 is 9.90 Å². The molecule has 1 rings (SSSR count). The Labute approximate surface area is 51.5 Å². The molecule has 1 heterocycles. The first-order chi connectivity index (χ1) is 3.80. The zero-order chi connectivity index (χ0) is 5.98. The van der Waals surface area contributed by atoms with Gasteiger partial charge in [0.15, 0.2) is 5.37 Å². The van der Waals surface area contributed by atoms with Crippen molar-refractivity contribution in [1.82, 2.24) is 5.32 Å². The zero-order valence-electron chi connectivity index (χ0n) is 4.26. The summed E-state index contributed by atoms with van der Waals surface area (Å²) in [6.07, 6.45) is 0. The number of hydrogen-bond donors (Lipinski definition) is 2. The Kier molecular flexibility index (Phi) is 1.75. The van der Waals surface area contributed by atoms with Crippen LogP contribution in [0.4, 0.5) is 0 Å². The van der Waals surface area contributed by atoms with Crippen molar-refractivity contribution in [2.24, 2.45) is 0 Å². The number of rotatable bonds is 1. The lowest BCUT2D eigenvalue weighted by atomic mass is 10.6. The first-order valence-electron chi connectivity index (χ1n) is 2.38. The quantitative estimate of drug-likeness (QED) is 0.517. The number of thioether (sulfide) groups is 1. The molecule has 4 heteroatoms. The van der Waals surface area contributed by atoms with Gasteiger partial charge >= 0.3 is 5.97 Å². The van der Waals surface area contributed by atoms with Crippen LogP contribution in [0.2, 0.25) is 0 Å². The fraction of sp³-hybridized carbons (Fsp3) is 0.750. The summed E-state index contributed by atoms with van der Waals surface area (Å²) in [6, 6.07) is 0. The Hall–Kier alpha value is -0.220. The van der Waals surface area contributed by atoms with Crippen LogP contribution in [-0.4, -0.2) is 28.7 Å². The van der Waals surface area contributed by atoms with Gasteiger partial charge in [-0.3, -0.25) is 5.32 Å². The SMILES string of the molecule is O=C(O)C1NCCS1. The lowest BCUT2D eigenvalue weighted by Crippen LogP contribution is -2.27. The van der Waals surface area contributed by atoms with Crippen LogP contribution >= 0.6 is 11.8 Å². The van der Waals surface area contributed by atoms with E-state index in [9.17, 15) is 4.79 Å². The third kappa shape index (κ3) is 1.14. The topological polar surface area (TPSA) is 49.3 Å². The number of nitrogens with one attached hydrogen (secondary N) is 1. The Morgan fingerprint density at radius 1 is 1.88 bits per heavy atom. The first kappa shape index (κ1) is 5.91. The fourth-order valence-corrected chi connectivity index (χ4v) is 1.43. The number of hydrogen-bond acceptors (Lipinski definition) is 3. The van der Waals surface area contributed by atoms with Gasteiger partial charge in [-0.2, -0.15) is 0 Å². The summed E-state index contributed by atoms with van der Waals surface area (Å²) in [5.41, 5.74) is 0. The largest absolute Gasteiger partial charge is 0.479 e. The molecule has 1 aliphatic heterocycles. The number of aliphatic carboxylic acids is 1. The molecule has 46 valence electrons. The lowest BCUT2D eigenvalue weighted by Gasteiger charge is -1.98. The fourth-order valence-electron chi connectivity index (χ4n) is 0.584. The van der Waals surface area contributed by atoms with Gasteiger partial charge in [-0.25, -0.2) is 4.79 Å². The molecule has 1 aliphatic rings. The van der Waals surface area contributed by atoms with E-state index < -0.39 is 5.97 Å². The zero-order valence-corrected chi connectivity index (χ0v) is 5.07. The van der Waals surface area contributed by atoms with Crippen LogP contribution in [0.15, 0.2) is 0 Å². The molecule has 0 aromatic heterocycles. The van der Waals surface area contributed by atoms with Gasteiger partial charge < -0.3 is 5.11 Å². The summed E-state index contributed by atoms with van der Waals surface area (Å²) in [5, 5.41) is 10.8. The van der Waals surface area contributed by atoms with E-state index in [0.29, 0.717) is 0 Å². The highest BCUT2D eigenvalue weighted by molar-refractivity contribution is 8.00. The van der Waals surface area contributed by atoms with Crippen LogP contribution in [0.3, 0.4) is 0 Å². The van der Waals surface area contributed by atoms with Crippen molar-refractivity contribution >= 4 is 17.7 Å². The standard InChI is InChI=1S/C4H7NO2S/c6-4(7)3-5-1-2-8-3/h3,5H,1-2H2,(H,6,7). The molecule has 0 amide bonds. The number of carbonyl (C=O) groups is 1. The van der Waals surface area contributed by atoms with E-state index >= 15 is 0 Å². The summed E-state index contributed by atoms with van der Waals surface area (Å²) < 4.78 is 0. The van der Waals surface area contributed by atoms with Gasteiger partial charge in [-0.05, 0) is 0 Å². The molecule has 1 atom stereocenters. The highest BCUT2D eigenvalue weighted by Gasteiger charge is 2.20. The minimum absolute atomic E-state index is 0.352. The number of carboxylic acids is 1. The van der Waals surface area contributed by atoms with Gasteiger partial charge in [0, 0.05) is 12.3 Å². The van der Waals surface area contributed by atoms with Crippen LogP contribution in [0.1, 0.15) is 0 Å². The summed E-state index contributed by atoms with van der Waals surface area (Å²) in [7, 11) is 0. The van der Waals surface area contributed by atoms with Crippen molar-refractivity contribution in [2.75, 3.05) is 12.3 Å². The average molecular weight is 133 g/mol. The molecule has 0 aliphatic carbocycles. The molecule has 1 saturated heterocycles. The van der Waals surface area contributed by atoms with Crippen molar-refractivity contribution in [3.63, 3.8) is 0 Å². The third-order valence-electron chi connectivity index (χ3n) is 0.941. The first-order valence-corrected chi connectivity index (χ1v) is 3.43. The van der Waals surface area contributed by atoms with E-state index in [-0.39, 0.29) is 5.37 Å². The highest BCUT2D eigenvalue weighted by Crippen LogP contribution is 2.12. The van der Waals surface area contributed by atoms with Gasteiger partial charge in [0.05, 0.1) is 0 Å². The summed E-state index contributed by atoms with van der Waals surface area (Å²) in [6.45, 7) is 0.821. The van der Waals surface area contributed by atoms with Crippen molar-refractivity contribution in [3.8, 4) is 0 Å². The molecule has 1 unspecified atom stereocenters. The maximum absolute atomic E-state index is 10.1. The molecule has 0 bridgehead atoms. The molecule has 3 nitrogen and oxygen atoms in total. The maximum Gasteiger partial charge on any atom is 0.331 e. The normalized spacial score (nSPS) is 28.2. The smallest absolute Gasteiger partial charge is 0.331 e. The second kappa shape index (κ2) is 2.37. The Morgan fingerprint density at radius 2 is 2.62 bits per heavy atom. The van der Waals surface area contributed by atoms with E-state index in [1.165, 1.54) is 11.8 Å². The van der Waals surface area contributed by atoms with Gasteiger partial charge in [-0.1, -0.05) is 0 Å². The van der Waals surface area contributed by atoms with E-state index in [2.05, 4.69) is 5.32 Å². The van der Waals surface area contributed by atoms with Crippen molar-refractivity contribution in [2.45, 2.75) is 5.37 Å². The Morgan fingerprint density at radius 3 is 2.88 bits per heavy atom. The molecular weight excluding hydrogens is 126 g/mol. The van der Waals surface area contributed by atoms with Crippen LogP contribution in [0, 0.1) is 0 Å². The summed E-state index contributed by atoms with van der Waals surface area (Å²) in [5.74, 6) is 0.157. The minimum atomic E-state index is -0.757. The average Bonchev–Trinajstić information content (AvgIpc) is 2.12. The van der Waals surface area contributed by atoms with E-state index in [0.717, 1.165) is 12.3 Å².